The van der Waals surface area contributed by atoms with Gasteiger partial charge in [0, 0.05) is 11.4 Å². The predicted octanol–water partition coefficient (Wildman–Crippen LogP) is 3.47. The highest BCUT2D eigenvalue weighted by molar-refractivity contribution is 7.10. The third-order valence-electron chi connectivity index (χ3n) is 2.80. The van der Waals surface area contributed by atoms with E-state index < -0.39 is 0 Å². The lowest BCUT2D eigenvalue weighted by Gasteiger charge is -2.08. The van der Waals surface area contributed by atoms with Crippen LogP contribution in [0, 0.1) is 6.92 Å². The van der Waals surface area contributed by atoms with Crippen molar-refractivity contribution in [1.82, 2.24) is 10.3 Å². The first kappa shape index (κ1) is 14.8. The largest absolute Gasteiger partial charge is 0.370 e. The molecule has 6 heteroatoms. The van der Waals surface area contributed by atoms with Gasteiger partial charge in [-0.25, -0.2) is 4.98 Å². The molecule has 2 aromatic rings. The van der Waals surface area contributed by atoms with Gasteiger partial charge < -0.3 is 10.6 Å². The molecule has 2 aromatic heterocycles. The van der Waals surface area contributed by atoms with Gasteiger partial charge in [0.25, 0.3) is 5.91 Å². The van der Waals surface area contributed by atoms with E-state index in [-0.39, 0.29) is 11.6 Å². The van der Waals surface area contributed by atoms with E-state index in [0.717, 1.165) is 11.4 Å². The standard InChI is InChI=1S/C14H16ClN3OS/c1-3-16-12-5-4-10(15)13(18-12)14(19)17-8-11-9(2)6-7-20-11/h4-7H,3,8H2,1-2H3,(H,16,18)(H,17,19). The highest BCUT2D eigenvalue weighted by Gasteiger charge is 2.13. The molecule has 0 aliphatic heterocycles. The summed E-state index contributed by atoms with van der Waals surface area (Å²) in [5.41, 5.74) is 1.43. The van der Waals surface area contributed by atoms with Gasteiger partial charge >= 0.3 is 0 Å². The van der Waals surface area contributed by atoms with Crippen molar-refractivity contribution in [2.24, 2.45) is 0 Å². The number of hydrogen-bond acceptors (Lipinski definition) is 4. The number of amides is 1. The highest BCUT2D eigenvalue weighted by atomic mass is 35.5. The zero-order valence-corrected chi connectivity index (χ0v) is 12.9. The van der Waals surface area contributed by atoms with Gasteiger partial charge in [0.1, 0.15) is 11.5 Å². The van der Waals surface area contributed by atoms with Crippen LogP contribution >= 0.6 is 22.9 Å². The number of rotatable bonds is 5. The molecular weight excluding hydrogens is 294 g/mol. The fourth-order valence-electron chi connectivity index (χ4n) is 1.71. The van der Waals surface area contributed by atoms with Crippen molar-refractivity contribution in [3.05, 3.63) is 44.7 Å². The molecule has 0 spiro atoms. The van der Waals surface area contributed by atoms with Crippen molar-refractivity contribution in [1.29, 1.82) is 0 Å². The summed E-state index contributed by atoms with van der Waals surface area (Å²) in [6.07, 6.45) is 0. The molecule has 0 saturated carbocycles. The molecule has 4 nitrogen and oxygen atoms in total. The summed E-state index contributed by atoms with van der Waals surface area (Å²) in [7, 11) is 0. The molecule has 2 heterocycles. The maximum atomic E-state index is 12.1. The fraction of sp³-hybridized carbons (Fsp3) is 0.286. The van der Waals surface area contributed by atoms with Crippen LogP contribution in [0.5, 0.6) is 0 Å². The first-order valence-corrected chi connectivity index (χ1v) is 7.59. The van der Waals surface area contributed by atoms with E-state index in [4.69, 9.17) is 11.6 Å². The van der Waals surface area contributed by atoms with Crippen LogP contribution in [0.2, 0.25) is 5.02 Å². The average molecular weight is 310 g/mol. The number of nitrogens with one attached hydrogen (secondary N) is 2. The summed E-state index contributed by atoms with van der Waals surface area (Å²) in [6, 6.07) is 5.47. The van der Waals surface area contributed by atoms with E-state index >= 15 is 0 Å². The van der Waals surface area contributed by atoms with Crippen LogP contribution in [-0.4, -0.2) is 17.4 Å². The molecule has 0 saturated heterocycles. The molecule has 0 fully saturated rings. The summed E-state index contributed by atoms with van der Waals surface area (Å²) in [5.74, 6) is 0.386. The lowest BCUT2D eigenvalue weighted by molar-refractivity contribution is 0.0946. The summed E-state index contributed by atoms with van der Waals surface area (Å²) < 4.78 is 0. The van der Waals surface area contributed by atoms with Crippen molar-refractivity contribution in [2.45, 2.75) is 20.4 Å². The Kier molecular flexibility index (Phi) is 4.98. The quantitative estimate of drug-likeness (QED) is 0.889. The fourth-order valence-corrected chi connectivity index (χ4v) is 2.75. The molecule has 0 unspecified atom stereocenters. The minimum absolute atomic E-state index is 0.249. The molecule has 1 amide bonds. The first-order chi connectivity index (χ1) is 9.61. The molecule has 0 bridgehead atoms. The van der Waals surface area contributed by atoms with E-state index in [1.165, 1.54) is 5.56 Å². The second-order valence-corrected chi connectivity index (χ2v) is 5.67. The Hall–Kier alpha value is -1.59. The molecule has 2 rings (SSSR count). The Morgan fingerprint density at radius 3 is 2.85 bits per heavy atom. The van der Waals surface area contributed by atoms with Gasteiger partial charge in [-0.2, -0.15) is 0 Å². The number of thiophene rings is 1. The van der Waals surface area contributed by atoms with Gasteiger partial charge in [0.05, 0.1) is 11.6 Å². The number of anilines is 1. The van der Waals surface area contributed by atoms with Crippen LogP contribution < -0.4 is 10.6 Å². The van der Waals surface area contributed by atoms with Crippen LogP contribution in [0.25, 0.3) is 0 Å². The lowest BCUT2D eigenvalue weighted by atomic mass is 10.3. The molecule has 0 aliphatic rings. The number of pyridine rings is 1. The molecule has 0 aliphatic carbocycles. The molecule has 20 heavy (non-hydrogen) atoms. The van der Waals surface area contributed by atoms with Crippen molar-refractivity contribution in [2.75, 3.05) is 11.9 Å². The molecule has 106 valence electrons. The van der Waals surface area contributed by atoms with E-state index in [1.807, 2.05) is 25.3 Å². The van der Waals surface area contributed by atoms with Crippen LogP contribution in [0.3, 0.4) is 0 Å². The summed E-state index contributed by atoms with van der Waals surface area (Å²) >= 11 is 7.66. The van der Waals surface area contributed by atoms with Crippen molar-refractivity contribution in [3.8, 4) is 0 Å². The van der Waals surface area contributed by atoms with Gasteiger partial charge in [0.15, 0.2) is 0 Å². The zero-order valence-electron chi connectivity index (χ0n) is 11.4. The number of carbonyl (C=O) groups is 1. The SMILES string of the molecule is CCNc1ccc(Cl)c(C(=O)NCc2sccc2C)n1. The van der Waals surface area contributed by atoms with Gasteiger partial charge in [-0.15, -0.1) is 11.3 Å². The van der Waals surface area contributed by atoms with Gasteiger partial charge in [-0.1, -0.05) is 11.6 Å². The Morgan fingerprint density at radius 2 is 2.20 bits per heavy atom. The Morgan fingerprint density at radius 1 is 1.40 bits per heavy atom. The molecular formula is C14H16ClN3OS. The normalized spacial score (nSPS) is 10.3. The minimum Gasteiger partial charge on any atom is -0.370 e. The predicted molar refractivity (Wildman–Crippen MR) is 83.6 cm³/mol. The minimum atomic E-state index is -0.262. The topological polar surface area (TPSA) is 54.0 Å². The van der Waals surface area contributed by atoms with Crippen LogP contribution in [0.1, 0.15) is 27.9 Å². The van der Waals surface area contributed by atoms with E-state index in [1.54, 1.807) is 23.5 Å². The summed E-state index contributed by atoms with van der Waals surface area (Å²) in [5, 5.41) is 8.27. The Bertz CT molecular complexity index is 612. The smallest absolute Gasteiger partial charge is 0.271 e. The Labute approximate surface area is 127 Å². The lowest BCUT2D eigenvalue weighted by Crippen LogP contribution is -2.24. The number of carbonyl (C=O) groups excluding carboxylic acids is 1. The zero-order chi connectivity index (χ0) is 14.5. The number of hydrogen-bond donors (Lipinski definition) is 2. The summed E-state index contributed by atoms with van der Waals surface area (Å²) in [6.45, 7) is 5.22. The molecule has 0 atom stereocenters. The van der Waals surface area contributed by atoms with Crippen LogP contribution in [0.15, 0.2) is 23.6 Å². The summed E-state index contributed by atoms with van der Waals surface area (Å²) in [4.78, 5) is 17.5. The van der Waals surface area contributed by atoms with Gasteiger partial charge in [-0.3, -0.25) is 4.79 Å². The average Bonchev–Trinajstić information content (AvgIpc) is 2.84. The highest BCUT2D eigenvalue weighted by Crippen LogP contribution is 2.18. The third kappa shape index (κ3) is 3.49. The first-order valence-electron chi connectivity index (χ1n) is 6.33. The Balaban J connectivity index is 2.08. The molecule has 0 radical (unpaired) electrons. The third-order valence-corrected chi connectivity index (χ3v) is 4.12. The number of aryl methyl sites for hydroxylation is 1. The van der Waals surface area contributed by atoms with E-state index in [0.29, 0.717) is 17.4 Å². The number of aromatic nitrogens is 1. The van der Waals surface area contributed by atoms with Crippen LogP contribution in [-0.2, 0) is 6.54 Å². The van der Waals surface area contributed by atoms with E-state index in [9.17, 15) is 4.79 Å². The molecule has 2 N–H and O–H groups in total. The van der Waals surface area contributed by atoms with E-state index in [2.05, 4.69) is 15.6 Å². The van der Waals surface area contributed by atoms with Crippen molar-refractivity contribution >= 4 is 34.7 Å². The van der Waals surface area contributed by atoms with Crippen LogP contribution in [0.4, 0.5) is 5.82 Å². The monoisotopic (exact) mass is 309 g/mol. The second-order valence-electron chi connectivity index (χ2n) is 4.27. The van der Waals surface area contributed by atoms with Crippen molar-refractivity contribution < 1.29 is 4.79 Å². The second kappa shape index (κ2) is 6.72. The van der Waals surface area contributed by atoms with Gasteiger partial charge in [0.2, 0.25) is 0 Å². The maximum Gasteiger partial charge on any atom is 0.271 e. The van der Waals surface area contributed by atoms with Gasteiger partial charge in [-0.05, 0) is 43.0 Å². The van der Waals surface area contributed by atoms with Crippen molar-refractivity contribution in [3.63, 3.8) is 0 Å². The number of halogens is 1. The number of nitrogens with zero attached hydrogens (tertiary/aromatic N) is 1. The molecule has 0 aromatic carbocycles. The maximum absolute atomic E-state index is 12.1.